The molecule has 0 radical (unpaired) electrons. The summed E-state index contributed by atoms with van der Waals surface area (Å²) in [6.45, 7) is 4.16. The quantitative estimate of drug-likeness (QED) is 0.790. The van der Waals surface area contributed by atoms with E-state index in [0.717, 1.165) is 28.5 Å². The first-order chi connectivity index (χ1) is 10.6. The summed E-state index contributed by atoms with van der Waals surface area (Å²) < 4.78 is 1.81. The Labute approximate surface area is 135 Å². The standard InChI is InChI=1S/C9H12N4S.C8H10/c1-6-7(4-13(3)12-6)8-5-14-9(10-2)11-8;1-2-8-6-4-3-5-7-8/h4-5H,1-3H3,(H,10,11);3-7H,2H2,1H3. The first kappa shape index (κ1) is 16.2. The molecule has 1 aromatic carbocycles. The number of aromatic nitrogens is 3. The summed E-state index contributed by atoms with van der Waals surface area (Å²) in [5.74, 6) is 0. The van der Waals surface area contributed by atoms with Crippen molar-refractivity contribution in [2.75, 3.05) is 12.4 Å². The third-order valence-corrected chi connectivity index (χ3v) is 4.12. The lowest BCUT2D eigenvalue weighted by atomic mass is 10.2. The summed E-state index contributed by atoms with van der Waals surface area (Å²) in [6.07, 6.45) is 3.13. The molecule has 0 saturated heterocycles. The second kappa shape index (κ2) is 7.75. The van der Waals surface area contributed by atoms with Crippen molar-refractivity contribution in [1.29, 1.82) is 0 Å². The van der Waals surface area contributed by atoms with Gasteiger partial charge >= 0.3 is 0 Å². The van der Waals surface area contributed by atoms with Gasteiger partial charge in [-0.3, -0.25) is 4.68 Å². The van der Waals surface area contributed by atoms with Gasteiger partial charge in [0.1, 0.15) is 0 Å². The highest BCUT2D eigenvalue weighted by molar-refractivity contribution is 7.14. The maximum atomic E-state index is 4.43. The number of aryl methyl sites for hydroxylation is 3. The molecule has 4 nitrogen and oxygen atoms in total. The Hall–Kier alpha value is -2.14. The highest BCUT2D eigenvalue weighted by Gasteiger charge is 2.09. The third kappa shape index (κ3) is 4.18. The van der Waals surface area contributed by atoms with E-state index in [-0.39, 0.29) is 0 Å². The maximum absolute atomic E-state index is 4.43. The van der Waals surface area contributed by atoms with Crippen LogP contribution in [0, 0.1) is 6.92 Å². The molecule has 0 fully saturated rings. The van der Waals surface area contributed by atoms with Crippen LogP contribution in [-0.4, -0.2) is 21.8 Å². The normalized spacial score (nSPS) is 10.0. The predicted octanol–water partition coefficient (Wildman–Crippen LogP) is 4.14. The molecular formula is C17H22N4S. The number of hydrogen-bond donors (Lipinski definition) is 1. The maximum Gasteiger partial charge on any atom is 0.182 e. The minimum Gasteiger partial charge on any atom is -0.365 e. The molecule has 3 aromatic rings. The van der Waals surface area contributed by atoms with Crippen molar-refractivity contribution in [2.24, 2.45) is 7.05 Å². The number of hydrogen-bond acceptors (Lipinski definition) is 4. The van der Waals surface area contributed by atoms with E-state index < -0.39 is 0 Å². The fraction of sp³-hybridized carbons (Fsp3) is 0.294. The fourth-order valence-electron chi connectivity index (χ4n) is 2.08. The summed E-state index contributed by atoms with van der Waals surface area (Å²) in [7, 11) is 3.79. The van der Waals surface area contributed by atoms with Crippen LogP contribution in [-0.2, 0) is 13.5 Å². The van der Waals surface area contributed by atoms with Gasteiger partial charge in [0.05, 0.1) is 11.4 Å². The molecule has 0 bridgehead atoms. The van der Waals surface area contributed by atoms with Crippen LogP contribution in [0.5, 0.6) is 0 Å². The third-order valence-electron chi connectivity index (χ3n) is 3.26. The van der Waals surface area contributed by atoms with E-state index in [1.807, 2.05) is 43.3 Å². The molecule has 0 saturated carbocycles. The molecule has 0 amide bonds. The second-order valence-electron chi connectivity index (χ2n) is 4.93. The van der Waals surface area contributed by atoms with E-state index in [1.165, 1.54) is 5.56 Å². The van der Waals surface area contributed by atoms with Crippen LogP contribution in [0.4, 0.5) is 5.13 Å². The van der Waals surface area contributed by atoms with Crippen LogP contribution in [0.3, 0.4) is 0 Å². The van der Waals surface area contributed by atoms with Gasteiger partial charge in [-0.1, -0.05) is 37.3 Å². The van der Waals surface area contributed by atoms with Crippen LogP contribution >= 0.6 is 11.3 Å². The van der Waals surface area contributed by atoms with Crippen LogP contribution in [0.1, 0.15) is 18.2 Å². The molecule has 0 atom stereocenters. The summed E-state index contributed by atoms with van der Waals surface area (Å²) in [5, 5.41) is 10.3. The largest absolute Gasteiger partial charge is 0.365 e. The second-order valence-corrected chi connectivity index (χ2v) is 5.79. The van der Waals surface area contributed by atoms with Crippen molar-refractivity contribution < 1.29 is 0 Å². The number of nitrogens with one attached hydrogen (secondary N) is 1. The van der Waals surface area contributed by atoms with Crippen molar-refractivity contribution in [3.63, 3.8) is 0 Å². The fourth-order valence-corrected chi connectivity index (χ4v) is 2.75. The predicted molar refractivity (Wildman–Crippen MR) is 94.4 cm³/mol. The summed E-state index contributed by atoms with van der Waals surface area (Å²) >= 11 is 1.60. The molecule has 3 rings (SSSR count). The Morgan fingerprint density at radius 3 is 2.41 bits per heavy atom. The van der Waals surface area contributed by atoms with Crippen molar-refractivity contribution in [3.05, 3.63) is 53.2 Å². The monoisotopic (exact) mass is 314 g/mol. The van der Waals surface area contributed by atoms with Gasteiger partial charge in [0.15, 0.2) is 5.13 Å². The van der Waals surface area contributed by atoms with Crippen LogP contribution in [0.25, 0.3) is 11.3 Å². The molecule has 0 aliphatic rings. The lowest BCUT2D eigenvalue weighted by Gasteiger charge is -1.91. The molecule has 0 spiro atoms. The van der Waals surface area contributed by atoms with E-state index in [1.54, 1.807) is 11.3 Å². The van der Waals surface area contributed by atoms with Crippen LogP contribution < -0.4 is 5.32 Å². The number of nitrogens with zero attached hydrogens (tertiary/aromatic N) is 3. The SMILES string of the molecule is CCc1ccccc1.CNc1nc(-c2cn(C)nc2C)cs1. The number of benzene rings is 1. The van der Waals surface area contributed by atoms with Gasteiger partial charge < -0.3 is 5.32 Å². The zero-order chi connectivity index (χ0) is 15.9. The molecule has 22 heavy (non-hydrogen) atoms. The molecule has 116 valence electrons. The van der Waals surface area contributed by atoms with Crippen molar-refractivity contribution in [2.45, 2.75) is 20.3 Å². The molecular weight excluding hydrogens is 292 g/mol. The van der Waals surface area contributed by atoms with E-state index in [4.69, 9.17) is 0 Å². The van der Waals surface area contributed by atoms with Gasteiger partial charge in [-0.15, -0.1) is 11.3 Å². The average Bonchev–Trinajstić information content (AvgIpc) is 3.14. The average molecular weight is 314 g/mol. The van der Waals surface area contributed by atoms with E-state index in [9.17, 15) is 0 Å². The topological polar surface area (TPSA) is 42.7 Å². The highest BCUT2D eigenvalue weighted by Crippen LogP contribution is 2.26. The summed E-state index contributed by atoms with van der Waals surface area (Å²) in [6, 6.07) is 10.5. The van der Waals surface area contributed by atoms with E-state index in [2.05, 4.69) is 46.6 Å². The molecule has 2 heterocycles. The molecule has 1 N–H and O–H groups in total. The lowest BCUT2D eigenvalue weighted by molar-refractivity contribution is 0.756. The molecule has 0 aliphatic heterocycles. The molecule has 0 aliphatic carbocycles. The smallest absolute Gasteiger partial charge is 0.182 e. The molecule has 5 heteroatoms. The van der Waals surface area contributed by atoms with Gasteiger partial charge in [0, 0.05) is 31.2 Å². The van der Waals surface area contributed by atoms with Gasteiger partial charge in [0.2, 0.25) is 0 Å². The van der Waals surface area contributed by atoms with Crippen molar-refractivity contribution in [1.82, 2.24) is 14.8 Å². The number of rotatable bonds is 3. The lowest BCUT2D eigenvalue weighted by Crippen LogP contribution is -1.86. The Morgan fingerprint density at radius 2 is 1.95 bits per heavy atom. The molecule has 0 unspecified atom stereocenters. The van der Waals surface area contributed by atoms with Gasteiger partial charge in [-0.25, -0.2) is 4.98 Å². The van der Waals surface area contributed by atoms with E-state index >= 15 is 0 Å². The minimum atomic E-state index is 0.934. The van der Waals surface area contributed by atoms with Gasteiger partial charge in [-0.2, -0.15) is 5.10 Å². The van der Waals surface area contributed by atoms with Crippen LogP contribution in [0.2, 0.25) is 0 Å². The van der Waals surface area contributed by atoms with Gasteiger partial charge in [0.25, 0.3) is 0 Å². The van der Waals surface area contributed by atoms with E-state index in [0.29, 0.717) is 0 Å². The number of thiazole rings is 1. The summed E-state index contributed by atoms with van der Waals surface area (Å²) in [4.78, 5) is 4.43. The van der Waals surface area contributed by atoms with Crippen LogP contribution in [0.15, 0.2) is 41.9 Å². The Balaban J connectivity index is 0.000000188. The molecule has 2 aromatic heterocycles. The zero-order valence-corrected chi connectivity index (χ0v) is 14.3. The first-order valence-electron chi connectivity index (χ1n) is 7.31. The van der Waals surface area contributed by atoms with Crippen molar-refractivity contribution >= 4 is 16.5 Å². The zero-order valence-electron chi connectivity index (χ0n) is 13.5. The highest BCUT2D eigenvalue weighted by atomic mass is 32.1. The Kier molecular flexibility index (Phi) is 5.72. The van der Waals surface area contributed by atoms with Gasteiger partial charge in [-0.05, 0) is 18.9 Å². The Bertz CT molecular complexity index is 701. The number of anilines is 1. The Morgan fingerprint density at radius 1 is 1.23 bits per heavy atom. The minimum absolute atomic E-state index is 0.934. The van der Waals surface area contributed by atoms with Crippen molar-refractivity contribution in [3.8, 4) is 11.3 Å². The summed E-state index contributed by atoms with van der Waals surface area (Å²) in [5.41, 5.74) is 4.52. The first-order valence-corrected chi connectivity index (χ1v) is 8.19.